The summed E-state index contributed by atoms with van der Waals surface area (Å²) < 4.78 is 5.50. The highest BCUT2D eigenvalue weighted by Gasteiger charge is 2.28. The van der Waals surface area contributed by atoms with E-state index in [0.717, 1.165) is 85.3 Å². The third-order valence-corrected chi connectivity index (χ3v) is 7.80. The summed E-state index contributed by atoms with van der Waals surface area (Å²) in [6.45, 7) is 11.1. The molecule has 35 heavy (non-hydrogen) atoms. The molecule has 0 atom stereocenters. The molecule has 0 spiro atoms. The molecular formula is C27H33N5O2S. The van der Waals surface area contributed by atoms with Gasteiger partial charge in [0.15, 0.2) is 5.13 Å². The number of aryl methyl sites for hydroxylation is 3. The number of nitrogens with one attached hydrogen (secondary N) is 1. The molecule has 2 aromatic heterocycles. The SMILES string of the molecule is Cc1cccc(-c2nc(NC(=O)N3CCN(C4CCOCC4)CC3)sc2-c2cc(C)nc(C)c2)c1. The van der Waals surface area contributed by atoms with E-state index in [-0.39, 0.29) is 6.03 Å². The molecule has 7 nitrogen and oxygen atoms in total. The fourth-order valence-electron chi connectivity index (χ4n) is 5.03. The Kier molecular flexibility index (Phi) is 7.13. The van der Waals surface area contributed by atoms with Crippen LogP contribution in [0.15, 0.2) is 36.4 Å². The van der Waals surface area contributed by atoms with Gasteiger partial charge in [-0.15, -0.1) is 0 Å². The average Bonchev–Trinajstić information content (AvgIpc) is 3.28. The minimum Gasteiger partial charge on any atom is -0.381 e. The molecule has 2 aliphatic rings. The molecule has 184 valence electrons. The summed E-state index contributed by atoms with van der Waals surface area (Å²) in [7, 11) is 0. The zero-order valence-corrected chi connectivity index (χ0v) is 21.5. The first-order valence-corrected chi connectivity index (χ1v) is 13.2. The lowest BCUT2D eigenvalue weighted by Crippen LogP contribution is -2.53. The highest BCUT2D eigenvalue weighted by molar-refractivity contribution is 7.19. The standard InChI is InChI=1S/C27H33N5O2S/c1-18-5-4-6-21(15-18)24-25(22-16-19(2)28-20(3)17-22)35-26(29-24)30-27(33)32-11-9-31(10-12-32)23-7-13-34-14-8-23/h4-6,15-17,23H,7-14H2,1-3H3,(H,29,30,33). The van der Waals surface area contributed by atoms with Crippen molar-refractivity contribution in [2.75, 3.05) is 44.7 Å². The molecule has 1 aromatic carbocycles. The number of carbonyl (C=O) groups is 1. The van der Waals surface area contributed by atoms with Crippen LogP contribution >= 0.6 is 11.3 Å². The van der Waals surface area contributed by atoms with Crippen LogP contribution in [0.4, 0.5) is 9.93 Å². The van der Waals surface area contributed by atoms with E-state index >= 15 is 0 Å². The van der Waals surface area contributed by atoms with Gasteiger partial charge in [0.05, 0.1) is 10.6 Å². The van der Waals surface area contributed by atoms with Crippen molar-refractivity contribution in [1.82, 2.24) is 19.8 Å². The Morgan fingerprint density at radius 3 is 2.37 bits per heavy atom. The van der Waals surface area contributed by atoms with Gasteiger partial charge in [0.1, 0.15) is 0 Å². The maximum absolute atomic E-state index is 13.1. The number of benzene rings is 1. The van der Waals surface area contributed by atoms with E-state index in [0.29, 0.717) is 11.2 Å². The summed E-state index contributed by atoms with van der Waals surface area (Å²) in [6, 6.07) is 13.0. The molecule has 8 heteroatoms. The lowest BCUT2D eigenvalue weighted by atomic mass is 10.0. The maximum atomic E-state index is 13.1. The molecule has 0 bridgehead atoms. The monoisotopic (exact) mass is 491 g/mol. The Balaban J connectivity index is 1.35. The molecule has 2 saturated heterocycles. The average molecular weight is 492 g/mol. The van der Waals surface area contributed by atoms with Crippen molar-refractivity contribution < 1.29 is 9.53 Å². The minimum atomic E-state index is -0.0743. The third-order valence-electron chi connectivity index (χ3n) is 6.78. The number of nitrogens with zero attached hydrogens (tertiary/aromatic N) is 4. The molecule has 2 fully saturated rings. The number of urea groups is 1. The van der Waals surface area contributed by atoms with Crippen molar-refractivity contribution in [3.63, 3.8) is 0 Å². The number of hydrogen-bond donors (Lipinski definition) is 1. The minimum absolute atomic E-state index is 0.0743. The van der Waals surface area contributed by atoms with Crippen LogP contribution in [0.25, 0.3) is 21.7 Å². The molecule has 0 aliphatic carbocycles. The number of thiazole rings is 1. The van der Waals surface area contributed by atoms with Gasteiger partial charge in [0, 0.05) is 62.4 Å². The van der Waals surface area contributed by atoms with Crippen LogP contribution in [-0.4, -0.2) is 71.2 Å². The summed E-state index contributed by atoms with van der Waals surface area (Å²) in [5.41, 5.74) is 6.14. The normalized spacial score (nSPS) is 17.5. The van der Waals surface area contributed by atoms with Gasteiger partial charge in [0.25, 0.3) is 0 Å². The topological polar surface area (TPSA) is 70.6 Å². The Bertz CT molecular complexity index is 1180. The van der Waals surface area contributed by atoms with Crippen LogP contribution < -0.4 is 5.32 Å². The van der Waals surface area contributed by atoms with Crippen LogP contribution in [0.3, 0.4) is 0 Å². The van der Waals surface area contributed by atoms with E-state index < -0.39 is 0 Å². The number of anilines is 1. The summed E-state index contributed by atoms with van der Waals surface area (Å²) in [5, 5.41) is 3.72. The molecule has 2 amide bonds. The van der Waals surface area contributed by atoms with Gasteiger partial charge in [0.2, 0.25) is 0 Å². The van der Waals surface area contributed by atoms with Crippen molar-refractivity contribution in [3.8, 4) is 21.7 Å². The van der Waals surface area contributed by atoms with Crippen LogP contribution in [0.5, 0.6) is 0 Å². The molecule has 5 rings (SSSR count). The summed E-state index contributed by atoms with van der Waals surface area (Å²) >= 11 is 1.52. The Morgan fingerprint density at radius 1 is 0.971 bits per heavy atom. The van der Waals surface area contributed by atoms with Crippen LogP contribution in [0.1, 0.15) is 29.8 Å². The van der Waals surface area contributed by atoms with Gasteiger partial charge >= 0.3 is 6.03 Å². The Labute approximate surface area is 211 Å². The molecule has 2 aliphatic heterocycles. The van der Waals surface area contributed by atoms with Crippen LogP contribution in [0, 0.1) is 20.8 Å². The van der Waals surface area contributed by atoms with Gasteiger partial charge in [-0.05, 0) is 57.4 Å². The quantitative estimate of drug-likeness (QED) is 0.548. The van der Waals surface area contributed by atoms with E-state index in [9.17, 15) is 4.79 Å². The first-order valence-electron chi connectivity index (χ1n) is 12.4. The summed E-state index contributed by atoms with van der Waals surface area (Å²) in [4.78, 5) is 28.0. The molecule has 0 radical (unpaired) electrons. The molecule has 3 aromatic rings. The lowest BCUT2D eigenvalue weighted by Gasteiger charge is -2.40. The summed E-state index contributed by atoms with van der Waals surface area (Å²) in [5.74, 6) is 0. The molecular weight excluding hydrogens is 458 g/mol. The van der Waals surface area contributed by atoms with Crippen molar-refractivity contribution in [1.29, 1.82) is 0 Å². The van der Waals surface area contributed by atoms with Crippen molar-refractivity contribution in [2.45, 2.75) is 39.7 Å². The predicted molar refractivity (Wildman–Crippen MR) is 141 cm³/mol. The maximum Gasteiger partial charge on any atom is 0.323 e. The van der Waals surface area contributed by atoms with Crippen LogP contribution in [0.2, 0.25) is 0 Å². The molecule has 1 N–H and O–H groups in total. The van der Waals surface area contributed by atoms with E-state index in [2.05, 4.69) is 52.5 Å². The number of ether oxygens (including phenoxy) is 1. The smallest absolute Gasteiger partial charge is 0.323 e. The van der Waals surface area contributed by atoms with Crippen molar-refractivity contribution in [2.24, 2.45) is 0 Å². The van der Waals surface area contributed by atoms with Gasteiger partial charge < -0.3 is 9.64 Å². The Hall–Kier alpha value is -2.81. The number of carbonyl (C=O) groups excluding carboxylic acids is 1. The zero-order valence-electron chi connectivity index (χ0n) is 20.7. The number of hydrogen-bond acceptors (Lipinski definition) is 6. The number of rotatable bonds is 4. The first-order chi connectivity index (χ1) is 17.0. The highest BCUT2D eigenvalue weighted by Crippen LogP contribution is 2.39. The number of pyridine rings is 1. The number of amides is 2. The van der Waals surface area contributed by atoms with Gasteiger partial charge in [-0.1, -0.05) is 35.1 Å². The first kappa shape index (κ1) is 23.9. The largest absolute Gasteiger partial charge is 0.381 e. The fourth-order valence-corrected chi connectivity index (χ4v) is 6.00. The van der Waals surface area contributed by atoms with Gasteiger partial charge in [-0.25, -0.2) is 9.78 Å². The molecule has 4 heterocycles. The van der Waals surface area contributed by atoms with Crippen LogP contribution in [-0.2, 0) is 4.74 Å². The summed E-state index contributed by atoms with van der Waals surface area (Å²) in [6.07, 6.45) is 2.17. The third kappa shape index (κ3) is 5.55. The number of aromatic nitrogens is 2. The van der Waals surface area contributed by atoms with Gasteiger partial charge in [-0.3, -0.25) is 15.2 Å². The fraction of sp³-hybridized carbons (Fsp3) is 0.444. The predicted octanol–water partition coefficient (Wildman–Crippen LogP) is 5.13. The van der Waals surface area contributed by atoms with E-state index in [1.54, 1.807) is 0 Å². The second-order valence-electron chi connectivity index (χ2n) is 9.50. The lowest BCUT2D eigenvalue weighted by molar-refractivity contribution is 0.0194. The molecule has 0 unspecified atom stereocenters. The van der Waals surface area contributed by atoms with E-state index in [1.807, 2.05) is 24.8 Å². The van der Waals surface area contributed by atoms with E-state index in [1.165, 1.54) is 16.9 Å². The zero-order chi connectivity index (χ0) is 24.4. The Morgan fingerprint density at radius 2 is 1.69 bits per heavy atom. The van der Waals surface area contributed by atoms with Crippen molar-refractivity contribution in [3.05, 3.63) is 53.3 Å². The second-order valence-corrected chi connectivity index (χ2v) is 10.5. The second kappa shape index (κ2) is 10.4. The highest BCUT2D eigenvalue weighted by atomic mass is 32.1. The van der Waals surface area contributed by atoms with E-state index in [4.69, 9.17) is 9.72 Å². The molecule has 0 saturated carbocycles. The number of piperazine rings is 1. The van der Waals surface area contributed by atoms with Gasteiger partial charge in [-0.2, -0.15) is 0 Å². The van der Waals surface area contributed by atoms with Crippen molar-refractivity contribution >= 4 is 22.5 Å².